The summed E-state index contributed by atoms with van der Waals surface area (Å²) >= 11 is 0. The SMILES string of the molecule is O=C(Nc1ccccc1)N1CCCN2CC[C@H](c3ccc(C#Cc4cccnc4)cc3)[C@@H]2C1. The maximum atomic E-state index is 13.0. The highest BCUT2D eigenvalue weighted by atomic mass is 16.2. The number of aromatic nitrogens is 1. The minimum absolute atomic E-state index is 0.00489. The van der Waals surface area contributed by atoms with Crippen LogP contribution in [0.1, 0.15) is 35.4 Å². The summed E-state index contributed by atoms with van der Waals surface area (Å²) in [6.07, 6.45) is 5.67. The molecule has 0 unspecified atom stereocenters. The zero-order valence-corrected chi connectivity index (χ0v) is 18.7. The average molecular weight is 437 g/mol. The van der Waals surface area contributed by atoms with Crippen molar-refractivity contribution in [3.63, 3.8) is 0 Å². The molecule has 5 rings (SSSR count). The Morgan fingerprint density at radius 1 is 0.909 bits per heavy atom. The van der Waals surface area contributed by atoms with E-state index in [1.165, 1.54) is 5.56 Å². The molecule has 2 aromatic carbocycles. The summed E-state index contributed by atoms with van der Waals surface area (Å²) in [6.45, 7) is 3.68. The Kier molecular flexibility index (Phi) is 6.37. The summed E-state index contributed by atoms with van der Waals surface area (Å²) in [7, 11) is 0. The number of nitrogens with one attached hydrogen (secondary N) is 1. The van der Waals surface area contributed by atoms with Crippen LogP contribution < -0.4 is 5.32 Å². The number of benzene rings is 2. The van der Waals surface area contributed by atoms with E-state index < -0.39 is 0 Å². The normalized spacial score (nSPS) is 20.3. The third kappa shape index (κ3) is 5.08. The number of nitrogens with zero attached hydrogens (tertiary/aromatic N) is 3. The van der Waals surface area contributed by atoms with Crippen LogP contribution in [0.3, 0.4) is 0 Å². The van der Waals surface area contributed by atoms with Crippen LogP contribution in [0.5, 0.6) is 0 Å². The van der Waals surface area contributed by atoms with Crippen LogP contribution in [-0.4, -0.2) is 53.0 Å². The topological polar surface area (TPSA) is 48.5 Å². The van der Waals surface area contributed by atoms with E-state index in [9.17, 15) is 4.79 Å². The molecule has 0 radical (unpaired) electrons. The number of anilines is 1. The van der Waals surface area contributed by atoms with Crippen LogP contribution in [0.15, 0.2) is 79.1 Å². The Morgan fingerprint density at radius 2 is 1.73 bits per heavy atom. The fourth-order valence-corrected chi connectivity index (χ4v) is 4.91. The molecule has 2 saturated heterocycles. The quantitative estimate of drug-likeness (QED) is 0.599. The highest BCUT2D eigenvalue weighted by Gasteiger charge is 2.38. The van der Waals surface area contributed by atoms with Crippen molar-refractivity contribution >= 4 is 11.7 Å². The molecule has 2 fully saturated rings. The number of pyridine rings is 1. The van der Waals surface area contributed by atoms with Crippen molar-refractivity contribution in [1.82, 2.24) is 14.8 Å². The van der Waals surface area contributed by atoms with E-state index in [1.54, 1.807) is 12.4 Å². The molecule has 0 saturated carbocycles. The van der Waals surface area contributed by atoms with Gasteiger partial charge in [-0.2, -0.15) is 0 Å². The van der Waals surface area contributed by atoms with Gasteiger partial charge in [0, 0.05) is 60.8 Å². The first kappa shape index (κ1) is 21.2. The number of fused-ring (bicyclic) bond motifs is 1. The molecule has 2 aliphatic heterocycles. The third-order valence-electron chi connectivity index (χ3n) is 6.61. The Labute approximate surface area is 195 Å². The maximum absolute atomic E-state index is 13.0. The van der Waals surface area contributed by atoms with Gasteiger partial charge in [-0.3, -0.25) is 9.88 Å². The molecule has 1 N–H and O–H groups in total. The lowest BCUT2D eigenvalue weighted by Gasteiger charge is -2.30. The van der Waals surface area contributed by atoms with E-state index in [4.69, 9.17) is 0 Å². The smallest absolute Gasteiger partial charge is 0.321 e. The second kappa shape index (κ2) is 9.89. The van der Waals surface area contributed by atoms with Gasteiger partial charge in [0.15, 0.2) is 0 Å². The van der Waals surface area contributed by atoms with E-state index in [-0.39, 0.29) is 6.03 Å². The van der Waals surface area contributed by atoms with Crippen LogP contribution in [0, 0.1) is 11.8 Å². The van der Waals surface area contributed by atoms with E-state index in [2.05, 4.69) is 51.3 Å². The van der Waals surface area contributed by atoms with Crippen LogP contribution >= 0.6 is 0 Å². The van der Waals surface area contributed by atoms with Gasteiger partial charge in [0.25, 0.3) is 0 Å². The number of hydrogen-bond donors (Lipinski definition) is 1. The summed E-state index contributed by atoms with van der Waals surface area (Å²) in [6, 6.07) is 22.5. The summed E-state index contributed by atoms with van der Waals surface area (Å²) in [5.74, 6) is 6.82. The molecule has 0 bridgehead atoms. The fraction of sp³-hybridized carbons (Fsp3) is 0.286. The van der Waals surface area contributed by atoms with Gasteiger partial charge in [-0.15, -0.1) is 0 Å². The largest absolute Gasteiger partial charge is 0.323 e. The summed E-state index contributed by atoms with van der Waals surface area (Å²) < 4.78 is 0. The summed E-state index contributed by atoms with van der Waals surface area (Å²) in [5.41, 5.74) is 4.09. The zero-order valence-electron chi connectivity index (χ0n) is 18.7. The Bertz CT molecular complexity index is 1140. The third-order valence-corrected chi connectivity index (χ3v) is 6.61. The van der Waals surface area contributed by atoms with Crippen LogP contribution in [0.2, 0.25) is 0 Å². The lowest BCUT2D eigenvalue weighted by Crippen LogP contribution is -2.43. The predicted octanol–water partition coefficient (Wildman–Crippen LogP) is 4.58. The minimum Gasteiger partial charge on any atom is -0.323 e. The number of para-hydroxylation sites is 1. The molecule has 2 atom stereocenters. The monoisotopic (exact) mass is 436 g/mol. The van der Waals surface area contributed by atoms with Crippen molar-refractivity contribution in [1.29, 1.82) is 0 Å². The van der Waals surface area contributed by atoms with Gasteiger partial charge in [0.2, 0.25) is 0 Å². The zero-order chi connectivity index (χ0) is 22.5. The van der Waals surface area contributed by atoms with Crippen LogP contribution in [0.25, 0.3) is 0 Å². The van der Waals surface area contributed by atoms with Crippen molar-refractivity contribution in [2.24, 2.45) is 0 Å². The molecule has 3 heterocycles. The molecule has 33 heavy (non-hydrogen) atoms. The molecule has 5 nitrogen and oxygen atoms in total. The van der Waals surface area contributed by atoms with Gasteiger partial charge < -0.3 is 10.2 Å². The molecular weight excluding hydrogens is 408 g/mol. The standard InChI is InChI=1S/C28H28N4O/c33-28(30-25-7-2-1-3-8-25)32-18-5-17-31-19-15-26(27(31)21-32)24-13-11-22(12-14-24)9-10-23-6-4-16-29-20-23/h1-4,6-8,11-14,16,20,26-27H,5,15,17-19,21H2,(H,30,33)/t26-,27+/m1/s1. The second-order valence-electron chi connectivity index (χ2n) is 8.71. The highest BCUT2D eigenvalue weighted by molar-refractivity contribution is 5.89. The molecule has 2 amide bonds. The molecule has 0 aliphatic carbocycles. The van der Waals surface area contributed by atoms with Crippen molar-refractivity contribution in [2.45, 2.75) is 24.8 Å². The second-order valence-corrected chi connectivity index (χ2v) is 8.71. The summed E-state index contributed by atoms with van der Waals surface area (Å²) in [5, 5.41) is 3.06. The molecule has 2 aliphatic rings. The van der Waals surface area contributed by atoms with Crippen molar-refractivity contribution in [3.05, 3.63) is 95.8 Å². The van der Waals surface area contributed by atoms with E-state index in [0.717, 1.165) is 55.8 Å². The molecular formula is C28H28N4O. The van der Waals surface area contributed by atoms with Crippen LogP contribution in [-0.2, 0) is 0 Å². The maximum Gasteiger partial charge on any atom is 0.321 e. The minimum atomic E-state index is -0.00489. The van der Waals surface area contributed by atoms with Gasteiger partial charge in [0.1, 0.15) is 0 Å². The van der Waals surface area contributed by atoms with Crippen molar-refractivity contribution in [2.75, 3.05) is 31.5 Å². The molecule has 5 heteroatoms. The van der Waals surface area contributed by atoms with Crippen LogP contribution in [0.4, 0.5) is 10.5 Å². The first-order valence-corrected chi connectivity index (χ1v) is 11.6. The van der Waals surface area contributed by atoms with Gasteiger partial charge in [-0.1, -0.05) is 42.2 Å². The molecule has 1 aromatic heterocycles. The number of amides is 2. The predicted molar refractivity (Wildman–Crippen MR) is 131 cm³/mol. The Hall–Kier alpha value is -3.62. The van der Waals surface area contributed by atoms with E-state index >= 15 is 0 Å². The Morgan fingerprint density at radius 3 is 2.52 bits per heavy atom. The fourth-order valence-electron chi connectivity index (χ4n) is 4.91. The number of carbonyl (C=O) groups excluding carboxylic acids is 1. The number of rotatable bonds is 2. The van der Waals surface area contributed by atoms with E-state index in [0.29, 0.717) is 12.0 Å². The molecule has 166 valence electrons. The van der Waals surface area contributed by atoms with Gasteiger partial charge in [0.05, 0.1) is 0 Å². The number of hydrogen-bond acceptors (Lipinski definition) is 3. The lowest BCUT2D eigenvalue weighted by molar-refractivity contribution is 0.197. The van der Waals surface area contributed by atoms with E-state index in [1.807, 2.05) is 47.4 Å². The number of carbonyl (C=O) groups is 1. The number of urea groups is 1. The van der Waals surface area contributed by atoms with Crippen molar-refractivity contribution < 1.29 is 4.79 Å². The van der Waals surface area contributed by atoms with Crippen molar-refractivity contribution in [3.8, 4) is 11.8 Å². The van der Waals surface area contributed by atoms with Gasteiger partial charge in [-0.05, 0) is 61.3 Å². The molecule has 0 spiro atoms. The van der Waals surface area contributed by atoms with Gasteiger partial charge in [-0.25, -0.2) is 4.79 Å². The lowest BCUT2D eigenvalue weighted by atomic mass is 9.91. The Balaban J connectivity index is 1.28. The van der Waals surface area contributed by atoms with Gasteiger partial charge >= 0.3 is 6.03 Å². The molecule has 3 aromatic rings. The average Bonchev–Trinajstić information content (AvgIpc) is 3.13. The first-order valence-electron chi connectivity index (χ1n) is 11.6. The highest BCUT2D eigenvalue weighted by Crippen LogP contribution is 2.35. The summed E-state index contributed by atoms with van der Waals surface area (Å²) in [4.78, 5) is 21.6. The first-order chi connectivity index (χ1) is 16.3.